The molecule has 0 saturated carbocycles. The van der Waals surface area contributed by atoms with E-state index in [1.54, 1.807) is 49.8 Å². The van der Waals surface area contributed by atoms with Gasteiger partial charge in [-0.15, -0.1) is 0 Å². The molecule has 234 valence electrons. The molecule has 1 aliphatic rings. The molecule has 0 spiro atoms. The van der Waals surface area contributed by atoms with Crippen molar-refractivity contribution < 1.29 is 19.0 Å². The molecule has 0 fully saturated rings. The number of hydrogen-bond acceptors (Lipinski definition) is 8. The molecule has 0 amide bonds. The van der Waals surface area contributed by atoms with Gasteiger partial charge in [0.25, 0.3) is 5.56 Å². The molecule has 4 aromatic rings. The van der Waals surface area contributed by atoms with Crippen molar-refractivity contribution in [2.24, 2.45) is 4.99 Å². The van der Waals surface area contributed by atoms with Crippen molar-refractivity contribution in [3.8, 4) is 11.5 Å². The number of carbonyl (C=O) groups excluding carboxylic acids is 1. The molecule has 1 atom stereocenters. The minimum absolute atomic E-state index is 0.0955. The largest absolute Gasteiger partial charge is 0.496 e. The third kappa shape index (κ3) is 6.77. The number of thiazole rings is 1. The Hall–Kier alpha value is -3.76. The maximum absolute atomic E-state index is 14.0. The van der Waals surface area contributed by atoms with E-state index in [9.17, 15) is 9.59 Å². The number of halogens is 3. The normalized spacial score (nSPS) is 14.6. The molecule has 2 heterocycles. The van der Waals surface area contributed by atoms with Gasteiger partial charge in [-0.25, -0.2) is 9.79 Å². The van der Waals surface area contributed by atoms with Gasteiger partial charge in [-0.1, -0.05) is 64.3 Å². The van der Waals surface area contributed by atoms with E-state index in [-0.39, 0.29) is 28.8 Å². The number of esters is 1. The highest BCUT2D eigenvalue weighted by molar-refractivity contribution is 7.07. The fraction of sp³-hybridized carbons (Fsp3) is 0.242. The minimum Gasteiger partial charge on any atom is -0.496 e. The Morgan fingerprint density at radius 3 is 2.38 bits per heavy atom. The molecule has 0 radical (unpaired) electrons. The second-order valence-corrected chi connectivity index (χ2v) is 12.6. The number of hydrogen-bond donors (Lipinski definition) is 0. The minimum atomic E-state index is -0.702. The number of ether oxygens (including phenoxy) is 3. The first-order chi connectivity index (χ1) is 21.5. The molecular formula is C33H30Cl3N3O5S. The van der Waals surface area contributed by atoms with Crippen molar-refractivity contribution in [2.75, 3.05) is 32.7 Å². The third-order valence-electron chi connectivity index (χ3n) is 7.18. The van der Waals surface area contributed by atoms with Crippen LogP contribution in [0.1, 0.15) is 36.6 Å². The van der Waals surface area contributed by atoms with E-state index in [1.807, 2.05) is 55.4 Å². The first-order valence-electron chi connectivity index (χ1n) is 13.9. The summed E-state index contributed by atoms with van der Waals surface area (Å²) in [6.45, 7) is 3.81. The number of allylic oxidation sites excluding steroid dienone is 1. The van der Waals surface area contributed by atoms with Crippen molar-refractivity contribution in [3.05, 3.63) is 117 Å². The van der Waals surface area contributed by atoms with Crippen LogP contribution in [0, 0.1) is 0 Å². The zero-order valence-electron chi connectivity index (χ0n) is 25.2. The summed E-state index contributed by atoms with van der Waals surface area (Å²) in [6, 6.07) is 15.7. The highest BCUT2D eigenvalue weighted by Gasteiger charge is 2.33. The van der Waals surface area contributed by atoms with E-state index in [1.165, 1.54) is 11.3 Å². The molecular weight excluding hydrogens is 657 g/mol. The monoisotopic (exact) mass is 685 g/mol. The fourth-order valence-corrected chi connectivity index (χ4v) is 7.00. The van der Waals surface area contributed by atoms with Crippen LogP contribution in [0.15, 0.2) is 75.7 Å². The summed E-state index contributed by atoms with van der Waals surface area (Å²) in [7, 11) is 5.46. The number of rotatable bonds is 9. The summed E-state index contributed by atoms with van der Waals surface area (Å²) >= 11 is 19.9. The molecule has 45 heavy (non-hydrogen) atoms. The summed E-state index contributed by atoms with van der Waals surface area (Å²) in [5, 5.41) is 0.968. The number of anilines is 1. The average Bonchev–Trinajstić information content (AvgIpc) is 3.29. The molecule has 0 N–H and O–H groups in total. The van der Waals surface area contributed by atoms with E-state index < -0.39 is 12.0 Å². The Balaban J connectivity index is 1.57. The molecule has 3 aromatic carbocycles. The van der Waals surface area contributed by atoms with Gasteiger partial charge in [0.15, 0.2) is 10.6 Å². The van der Waals surface area contributed by atoms with Gasteiger partial charge < -0.3 is 19.1 Å². The summed E-state index contributed by atoms with van der Waals surface area (Å²) in [5.41, 5.74) is 3.77. The molecule has 12 heteroatoms. The summed E-state index contributed by atoms with van der Waals surface area (Å²) < 4.78 is 18.9. The summed E-state index contributed by atoms with van der Waals surface area (Å²) in [5.74, 6) is 0.385. The third-order valence-corrected chi connectivity index (χ3v) is 8.94. The van der Waals surface area contributed by atoms with Gasteiger partial charge in [-0.2, -0.15) is 0 Å². The fourth-order valence-electron chi connectivity index (χ4n) is 5.03. The van der Waals surface area contributed by atoms with Gasteiger partial charge in [0.1, 0.15) is 12.4 Å². The molecule has 5 rings (SSSR count). The molecule has 1 aromatic heterocycles. The van der Waals surface area contributed by atoms with Crippen molar-refractivity contribution in [1.82, 2.24) is 4.57 Å². The Morgan fingerprint density at radius 2 is 1.76 bits per heavy atom. The molecule has 0 bridgehead atoms. The van der Waals surface area contributed by atoms with E-state index >= 15 is 0 Å². The Bertz CT molecular complexity index is 1960. The van der Waals surface area contributed by atoms with Crippen LogP contribution >= 0.6 is 46.1 Å². The van der Waals surface area contributed by atoms with Crippen molar-refractivity contribution >= 4 is 63.9 Å². The van der Waals surface area contributed by atoms with Crippen LogP contribution in [0.3, 0.4) is 0 Å². The number of carbonyl (C=O) groups is 1. The number of fused-ring (bicyclic) bond motifs is 1. The topological polar surface area (TPSA) is 82.4 Å². The maximum Gasteiger partial charge on any atom is 0.338 e. The lowest BCUT2D eigenvalue weighted by atomic mass is 9.95. The van der Waals surface area contributed by atoms with Crippen molar-refractivity contribution in [2.45, 2.75) is 26.5 Å². The second kappa shape index (κ2) is 13.7. The number of nitrogens with zero attached hydrogens (tertiary/aromatic N) is 3. The van der Waals surface area contributed by atoms with Crippen LogP contribution in [0.5, 0.6) is 11.5 Å². The van der Waals surface area contributed by atoms with Gasteiger partial charge in [0.05, 0.1) is 45.6 Å². The van der Waals surface area contributed by atoms with Gasteiger partial charge in [0, 0.05) is 30.4 Å². The van der Waals surface area contributed by atoms with E-state index in [4.69, 9.17) is 49.0 Å². The zero-order valence-corrected chi connectivity index (χ0v) is 28.3. The van der Waals surface area contributed by atoms with Gasteiger partial charge in [-0.05, 0) is 67.4 Å². The number of methoxy groups -OCH3 is 1. The summed E-state index contributed by atoms with van der Waals surface area (Å²) in [4.78, 5) is 34.4. The van der Waals surface area contributed by atoms with Crippen LogP contribution in [0.4, 0.5) is 5.69 Å². The highest BCUT2D eigenvalue weighted by atomic mass is 35.5. The van der Waals surface area contributed by atoms with Crippen LogP contribution < -0.4 is 29.3 Å². The first-order valence-corrected chi connectivity index (χ1v) is 15.9. The number of aromatic nitrogens is 1. The Labute approximate surface area is 279 Å². The Kier molecular flexibility index (Phi) is 9.94. The van der Waals surface area contributed by atoms with Crippen LogP contribution in [-0.2, 0) is 16.1 Å². The quantitative estimate of drug-likeness (QED) is 0.189. The van der Waals surface area contributed by atoms with Crippen LogP contribution in [0.2, 0.25) is 15.1 Å². The average molecular weight is 687 g/mol. The first kappa shape index (κ1) is 32.6. The predicted octanol–water partition coefficient (Wildman–Crippen LogP) is 6.41. The standard InChI is InChI=1S/C33H30Cl3N3O5S/c1-6-43-32(41)28-18(2)37-33-39(29(28)20-8-10-23(11-9-20)38(3)4)31(40)27(45-33)14-19-7-12-26(42-5)21(13-19)17-44-30-24(35)15-22(34)16-25(30)36/h7-16,29H,6,17H2,1-5H3/b27-14+/t29-/m1/s1. The summed E-state index contributed by atoms with van der Waals surface area (Å²) in [6.07, 6.45) is 1.78. The maximum atomic E-state index is 14.0. The Morgan fingerprint density at radius 1 is 1.07 bits per heavy atom. The highest BCUT2D eigenvalue weighted by Crippen LogP contribution is 2.37. The van der Waals surface area contributed by atoms with Crippen LogP contribution in [-0.4, -0.2) is 38.3 Å². The molecule has 1 aliphatic heterocycles. The molecule has 0 saturated heterocycles. The van der Waals surface area contributed by atoms with E-state index in [0.29, 0.717) is 42.7 Å². The lowest BCUT2D eigenvalue weighted by molar-refractivity contribution is -0.139. The van der Waals surface area contributed by atoms with E-state index in [0.717, 1.165) is 16.8 Å². The smallest absolute Gasteiger partial charge is 0.338 e. The van der Waals surface area contributed by atoms with Gasteiger partial charge in [0.2, 0.25) is 0 Å². The SMILES string of the molecule is CCOC(=O)C1=C(C)N=c2s/c(=C/c3ccc(OC)c(COc4c(Cl)cc(Cl)cc4Cl)c3)c(=O)n2[C@@H]1c1ccc(N(C)C)cc1. The van der Waals surface area contributed by atoms with E-state index in [2.05, 4.69) is 4.99 Å². The van der Waals surface area contributed by atoms with Crippen LogP contribution in [0.25, 0.3) is 6.08 Å². The van der Waals surface area contributed by atoms with Crippen molar-refractivity contribution in [3.63, 3.8) is 0 Å². The van der Waals surface area contributed by atoms with Gasteiger partial charge in [-0.3, -0.25) is 9.36 Å². The molecule has 0 unspecified atom stereocenters. The predicted molar refractivity (Wildman–Crippen MR) is 180 cm³/mol. The second-order valence-electron chi connectivity index (χ2n) is 10.3. The van der Waals surface area contributed by atoms with Gasteiger partial charge >= 0.3 is 5.97 Å². The number of benzene rings is 3. The van der Waals surface area contributed by atoms with Crippen molar-refractivity contribution in [1.29, 1.82) is 0 Å². The zero-order chi connectivity index (χ0) is 32.4. The molecule has 8 nitrogen and oxygen atoms in total. The molecule has 0 aliphatic carbocycles. The lowest BCUT2D eigenvalue weighted by Gasteiger charge is -2.25. The lowest BCUT2D eigenvalue weighted by Crippen LogP contribution is -2.39.